The number of unbranched alkanes of at least 4 members (excludes halogenated alkanes) is 2. The minimum atomic E-state index is 0.684. The number of carbonyl (C=O) groups is 1. The third-order valence-electron chi connectivity index (χ3n) is 3.53. The molecule has 17 heavy (non-hydrogen) atoms. The van der Waals surface area contributed by atoms with Crippen molar-refractivity contribution in [2.24, 2.45) is 7.05 Å². The maximum atomic E-state index is 10.3. The summed E-state index contributed by atoms with van der Waals surface area (Å²) in [4.78, 5) is 10.3. The van der Waals surface area contributed by atoms with E-state index in [2.05, 4.69) is 42.8 Å². The van der Waals surface area contributed by atoms with Crippen LogP contribution in [0.3, 0.4) is 0 Å². The molecule has 0 saturated carbocycles. The molecule has 2 rings (SSSR count). The van der Waals surface area contributed by atoms with Gasteiger partial charge in [-0.15, -0.1) is 0 Å². The maximum Gasteiger partial charge on any atom is 0.119 e. The van der Waals surface area contributed by atoms with Gasteiger partial charge in [0.05, 0.1) is 0 Å². The summed E-state index contributed by atoms with van der Waals surface area (Å²) < 4.78 is 2.25. The predicted molar refractivity (Wildman–Crippen MR) is 71.3 cm³/mol. The number of aryl methyl sites for hydroxylation is 2. The number of rotatable bonds is 5. The van der Waals surface area contributed by atoms with Crippen molar-refractivity contribution in [1.82, 2.24) is 4.57 Å². The van der Waals surface area contributed by atoms with E-state index in [9.17, 15) is 4.79 Å². The highest BCUT2D eigenvalue weighted by atomic mass is 16.1. The predicted octanol–water partition coefficient (Wildman–Crippen LogP) is 3.40. The first-order valence-electron chi connectivity index (χ1n) is 6.22. The van der Waals surface area contributed by atoms with Crippen LogP contribution in [-0.4, -0.2) is 10.9 Å². The lowest BCUT2D eigenvalue weighted by atomic mass is 10.0. The molecular weight excluding hydrogens is 210 g/mol. The number of hydrogen-bond donors (Lipinski definition) is 0. The molecule has 0 aliphatic rings. The molecule has 0 amide bonds. The van der Waals surface area contributed by atoms with E-state index in [0.29, 0.717) is 6.42 Å². The molecule has 0 aliphatic heterocycles. The van der Waals surface area contributed by atoms with Crippen molar-refractivity contribution in [3.8, 4) is 0 Å². The number of benzene rings is 1. The molecule has 2 nitrogen and oxygen atoms in total. The van der Waals surface area contributed by atoms with E-state index >= 15 is 0 Å². The quantitative estimate of drug-likeness (QED) is 0.569. The zero-order valence-electron chi connectivity index (χ0n) is 10.6. The minimum absolute atomic E-state index is 0.684. The van der Waals surface area contributed by atoms with E-state index in [0.717, 1.165) is 25.5 Å². The van der Waals surface area contributed by atoms with Gasteiger partial charge < -0.3 is 9.36 Å². The summed E-state index contributed by atoms with van der Waals surface area (Å²) in [5, 5.41) is 1.36. The van der Waals surface area contributed by atoms with Crippen LogP contribution in [0.2, 0.25) is 0 Å². The maximum absolute atomic E-state index is 10.3. The number of aromatic nitrogens is 1. The van der Waals surface area contributed by atoms with E-state index in [-0.39, 0.29) is 0 Å². The first kappa shape index (κ1) is 11.9. The molecule has 90 valence electrons. The van der Waals surface area contributed by atoms with Crippen LogP contribution < -0.4 is 0 Å². The molecule has 0 saturated heterocycles. The SMILES string of the molecule is Cc1c(CCCCC=O)c2ccccc2n1C. The fourth-order valence-electron chi connectivity index (χ4n) is 2.44. The number of aldehydes is 1. The van der Waals surface area contributed by atoms with Gasteiger partial charge in [0.15, 0.2) is 0 Å². The first-order valence-corrected chi connectivity index (χ1v) is 6.22. The summed E-state index contributed by atoms with van der Waals surface area (Å²) in [6.45, 7) is 2.18. The van der Waals surface area contributed by atoms with Gasteiger partial charge in [-0.2, -0.15) is 0 Å². The summed E-state index contributed by atoms with van der Waals surface area (Å²) >= 11 is 0. The molecule has 0 unspecified atom stereocenters. The highest BCUT2D eigenvalue weighted by Crippen LogP contribution is 2.26. The van der Waals surface area contributed by atoms with E-state index in [1.165, 1.54) is 22.2 Å². The zero-order valence-corrected chi connectivity index (χ0v) is 10.6. The molecule has 0 radical (unpaired) electrons. The van der Waals surface area contributed by atoms with Gasteiger partial charge in [0.25, 0.3) is 0 Å². The van der Waals surface area contributed by atoms with Crippen molar-refractivity contribution in [3.05, 3.63) is 35.5 Å². The lowest BCUT2D eigenvalue weighted by Gasteiger charge is -2.01. The average molecular weight is 229 g/mol. The Morgan fingerprint density at radius 1 is 1.24 bits per heavy atom. The van der Waals surface area contributed by atoms with E-state index in [1.54, 1.807) is 0 Å². The fraction of sp³-hybridized carbons (Fsp3) is 0.400. The first-order chi connectivity index (χ1) is 8.25. The van der Waals surface area contributed by atoms with E-state index < -0.39 is 0 Å². The van der Waals surface area contributed by atoms with E-state index in [1.807, 2.05) is 0 Å². The molecule has 2 aromatic rings. The molecule has 2 heteroatoms. The van der Waals surface area contributed by atoms with Gasteiger partial charge in [-0.1, -0.05) is 18.2 Å². The van der Waals surface area contributed by atoms with Crippen molar-refractivity contribution >= 4 is 17.2 Å². The summed E-state index contributed by atoms with van der Waals surface area (Å²) in [5.41, 5.74) is 4.08. The summed E-state index contributed by atoms with van der Waals surface area (Å²) in [5.74, 6) is 0. The second-order valence-corrected chi connectivity index (χ2v) is 4.55. The average Bonchev–Trinajstić information content (AvgIpc) is 2.60. The smallest absolute Gasteiger partial charge is 0.119 e. The highest BCUT2D eigenvalue weighted by molar-refractivity contribution is 5.85. The van der Waals surface area contributed by atoms with Crippen LogP contribution in [-0.2, 0) is 18.3 Å². The van der Waals surface area contributed by atoms with Gasteiger partial charge in [0.2, 0.25) is 0 Å². The van der Waals surface area contributed by atoms with Gasteiger partial charge in [0.1, 0.15) is 6.29 Å². The Hall–Kier alpha value is -1.57. The molecular formula is C15H19NO. The number of hydrogen-bond acceptors (Lipinski definition) is 1. The normalized spacial score (nSPS) is 10.9. The topological polar surface area (TPSA) is 22.0 Å². The van der Waals surface area contributed by atoms with Gasteiger partial charge in [-0.05, 0) is 37.8 Å². The summed E-state index contributed by atoms with van der Waals surface area (Å²) in [6.07, 6.45) is 4.85. The standard InChI is InChI=1S/C15H19NO/c1-12-13(8-4-3-7-11-17)14-9-5-6-10-15(14)16(12)2/h5-6,9-11H,3-4,7-8H2,1-2H3. The van der Waals surface area contributed by atoms with Crippen LogP contribution in [0.25, 0.3) is 10.9 Å². The third-order valence-corrected chi connectivity index (χ3v) is 3.53. The second kappa shape index (κ2) is 5.17. The molecule has 0 fully saturated rings. The Labute approximate surface area is 102 Å². The third kappa shape index (κ3) is 2.26. The van der Waals surface area contributed by atoms with Crippen LogP contribution in [0.4, 0.5) is 0 Å². The molecule has 0 bridgehead atoms. The van der Waals surface area contributed by atoms with Crippen molar-refractivity contribution in [1.29, 1.82) is 0 Å². The van der Waals surface area contributed by atoms with Crippen LogP contribution in [0.1, 0.15) is 30.5 Å². The monoisotopic (exact) mass is 229 g/mol. The summed E-state index contributed by atoms with van der Waals surface area (Å²) in [6, 6.07) is 8.53. The molecule has 1 aromatic heterocycles. The lowest BCUT2D eigenvalue weighted by Crippen LogP contribution is -1.93. The second-order valence-electron chi connectivity index (χ2n) is 4.55. The molecule has 0 atom stereocenters. The Balaban J connectivity index is 2.26. The molecule has 0 N–H and O–H groups in total. The zero-order chi connectivity index (χ0) is 12.3. The molecule has 0 spiro atoms. The Morgan fingerprint density at radius 2 is 2.00 bits per heavy atom. The Bertz CT molecular complexity index is 525. The van der Waals surface area contributed by atoms with Gasteiger partial charge >= 0.3 is 0 Å². The van der Waals surface area contributed by atoms with Crippen molar-refractivity contribution in [2.75, 3.05) is 0 Å². The van der Waals surface area contributed by atoms with Crippen LogP contribution >= 0.6 is 0 Å². The van der Waals surface area contributed by atoms with Gasteiger partial charge in [0, 0.05) is 30.1 Å². The Kier molecular flexibility index (Phi) is 3.62. The fourth-order valence-corrected chi connectivity index (χ4v) is 2.44. The number of nitrogens with zero attached hydrogens (tertiary/aromatic N) is 1. The number of fused-ring (bicyclic) bond motifs is 1. The molecule has 1 heterocycles. The Morgan fingerprint density at radius 3 is 2.76 bits per heavy atom. The number of para-hydroxylation sites is 1. The van der Waals surface area contributed by atoms with Crippen LogP contribution in [0.15, 0.2) is 24.3 Å². The number of carbonyl (C=O) groups excluding carboxylic acids is 1. The largest absolute Gasteiger partial charge is 0.348 e. The van der Waals surface area contributed by atoms with Crippen molar-refractivity contribution in [3.63, 3.8) is 0 Å². The van der Waals surface area contributed by atoms with Crippen molar-refractivity contribution < 1.29 is 4.79 Å². The molecule has 1 aromatic carbocycles. The summed E-state index contributed by atoms with van der Waals surface area (Å²) in [7, 11) is 2.12. The van der Waals surface area contributed by atoms with Crippen molar-refractivity contribution in [2.45, 2.75) is 32.6 Å². The lowest BCUT2D eigenvalue weighted by molar-refractivity contribution is -0.107. The minimum Gasteiger partial charge on any atom is -0.348 e. The van der Waals surface area contributed by atoms with E-state index in [4.69, 9.17) is 0 Å². The van der Waals surface area contributed by atoms with Gasteiger partial charge in [-0.25, -0.2) is 0 Å². The van der Waals surface area contributed by atoms with Gasteiger partial charge in [-0.3, -0.25) is 0 Å². The highest BCUT2D eigenvalue weighted by Gasteiger charge is 2.10. The van der Waals surface area contributed by atoms with Crippen LogP contribution in [0.5, 0.6) is 0 Å². The molecule has 0 aliphatic carbocycles. The van der Waals surface area contributed by atoms with Crippen LogP contribution in [0, 0.1) is 6.92 Å².